The first-order valence-corrected chi connectivity index (χ1v) is 6.35. The molecule has 0 radical (unpaired) electrons. The number of nitro groups is 1. The first-order chi connectivity index (χ1) is 9.63. The van der Waals surface area contributed by atoms with Crippen molar-refractivity contribution in [1.82, 2.24) is 4.57 Å². The Kier molecular flexibility index (Phi) is 4.24. The summed E-state index contributed by atoms with van der Waals surface area (Å²) < 4.78 is 7.28. The molecule has 0 aliphatic rings. The van der Waals surface area contributed by atoms with Gasteiger partial charge in [0, 0.05) is 37.6 Å². The summed E-state index contributed by atoms with van der Waals surface area (Å²) in [6, 6.07) is 6.52. The van der Waals surface area contributed by atoms with Gasteiger partial charge in [0.2, 0.25) is 0 Å². The number of non-ortho nitro benzene ring substituents is 1. The van der Waals surface area contributed by atoms with Crippen LogP contribution in [0, 0.1) is 10.1 Å². The molecule has 106 valence electrons. The fourth-order valence-electron chi connectivity index (χ4n) is 1.94. The topological polar surface area (TPSA) is 69.3 Å². The summed E-state index contributed by atoms with van der Waals surface area (Å²) in [5, 5.41) is 14.0. The number of methoxy groups -OCH3 is 1. The second kappa shape index (κ2) is 6.10. The maximum atomic E-state index is 10.8. The zero-order valence-electron chi connectivity index (χ0n) is 11.5. The van der Waals surface area contributed by atoms with Crippen molar-refractivity contribution in [3.8, 4) is 5.75 Å². The summed E-state index contributed by atoms with van der Waals surface area (Å²) in [6.45, 7) is 3.57. The summed E-state index contributed by atoms with van der Waals surface area (Å²) in [5.74, 6) is 0.588. The average Bonchev–Trinajstić information content (AvgIpc) is 2.92. The van der Waals surface area contributed by atoms with Gasteiger partial charge in [0.05, 0.1) is 17.7 Å². The van der Waals surface area contributed by atoms with E-state index < -0.39 is 4.92 Å². The van der Waals surface area contributed by atoms with E-state index >= 15 is 0 Å². The molecule has 0 aliphatic heterocycles. The molecule has 0 saturated heterocycles. The van der Waals surface area contributed by atoms with E-state index in [0.717, 1.165) is 12.1 Å². The van der Waals surface area contributed by atoms with E-state index in [1.807, 2.05) is 18.5 Å². The molecule has 20 heavy (non-hydrogen) atoms. The largest absolute Gasteiger partial charge is 0.495 e. The molecule has 0 fully saturated rings. The minimum atomic E-state index is -0.418. The number of anilines is 1. The Morgan fingerprint density at radius 2 is 2.20 bits per heavy atom. The lowest BCUT2D eigenvalue weighted by Crippen LogP contribution is -2.02. The summed E-state index contributed by atoms with van der Waals surface area (Å²) in [4.78, 5) is 10.4. The van der Waals surface area contributed by atoms with Crippen molar-refractivity contribution in [2.75, 3.05) is 12.4 Å². The smallest absolute Gasteiger partial charge is 0.271 e. The van der Waals surface area contributed by atoms with Crippen LogP contribution in [-0.2, 0) is 13.1 Å². The Bertz CT molecular complexity index is 607. The highest BCUT2D eigenvalue weighted by atomic mass is 16.6. The highest BCUT2D eigenvalue weighted by Crippen LogP contribution is 2.29. The summed E-state index contributed by atoms with van der Waals surface area (Å²) in [5.41, 5.74) is 1.77. The van der Waals surface area contributed by atoms with E-state index in [9.17, 15) is 10.1 Å². The number of nitrogens with zero attached hydrogens (tertiary/aromatic N) is 2. The van der Waals surface area contributed by atoms with Crippen LogP contribution >= 0.6 is 0 Å². The van der Waals surface area contributed by atoms with Crippen LogP contribution in [-0.4, -0.2) is 16.6 Å². The molecule has 1 aromatic heterocycles. The second-order valence-corrected chi connectivity index (χ2v) is 4.35. The van der Waals surface area contributed by atoms with Gasteiger partial charge >= 0.3 is 0 Å². The highest BCUT2D eigenvalue weighted by molar-refractivity contribution is 5.61. The standard InChI is InChI=1S/C14H17N3O3/c1-3-16-7-6-11(10-16)9-15-13-8-12(17(18)19)4-5-14(13)20-2/h4-8,10,15H,3,9H2,1-2H3. The van der Waals surface area contributed by atoms with Crippen molar-refractivity contribution in [3.63, 3.8) is 0 Å². The zero-order chi connectivity index (χ0) is 14.5. The summed E-state index contributed by atoms with van der Waals surface area (Å²) in [7, 11) is 1.54. The number of ether oxygens (including phenoxy) is 1. The van der Waals surface area contributed by atoms with Crippen LogP contribution in [0.3, 0.4) is 0 Å². The number of nitro benzene ring substituents is 1. The van der Waals surface area contributed by atoms with Gasteiger partial charge in [-0.15, -0.1) is 0 Å². The molecule has 0 unspecified atom stereocenters. The molecule has 1 aromatic carbocycles. The molecule has 0 bridgehead atoms. The van der Waals surface area contributed by atoms with Crippen molar-refractivity contribution >= 4 is 11.4 Å². The van der Waals surface area contributed by atoms with Crippen molar-refractivity contribution in [2.45, 2.75) is 20.0 Å². The van der Waals surface area contributed by atoms with E-state index in [0.29, 0.717) is 18.0 Å². The number of aromatic nitrogens is 1. The Morgan fingerprint density at radius 3 is 2.80 bits per heavy atom. The van der Waals surface area contributed by atoms with E-state index in [-0.39, 0.29) is 5.69 Å². The third kappa shape index (κ3) is 3.09. The van der Waals surface area contributed by atoms with Crippen LogP contribution in [0.2, 0.25) is 0 Å². The molecule has 0 saturated carbocycles. The molecule has 2 rings (SSSR count). The zero-order valence-corrected chi connectivity index (χ0v) is 11.5. The number of rotatable bonds is 6. The second-order valence-electron chi connectivity index (χ2n) is 4.35. The average molecular weight is 275 g/mol. The number of benzene rings is 1. The van der Waals surface area contributed by atoms with Crippen LogP contribution in [0.1, 0.15) is 12.5 Å². The van der Waals surface area contributed by atoms with Crippen molar-refractivity contribution in [1.29, 1.82) is 0 Å². The third-order valence-electron chi connectivity index (χ3n) is 3.05. The van der Waals surface area contributed by atoms with Crippen LogP contribution < -0.4 is 10.1 Å². The summed E-state index contributed by atoms with van der Waals surface area (Å²) in [6.07, 6.45) is 4.04. The molecule has 6 heteroatoms. The molecular formula is C14H17N3O3. The van der Waals surface area contributed by atoms with Gasteiger partial charge in [-0.1, -0.05) is 0 Å². The molecule has 1 heterocycles. The Labute approximate surface area is 117 Å². The van der Waals surface area contributed by atoms with E-state index in [1.165, 1.54) is 12.1 Å². The molecule has 6 nitrogen and oxygen atoms in total. The highest BCUT2D eigenvalue weighted by Gasteiger charge is 2.11. The van der Waals surface area contributed by atoms with Gasteiger partial charge in [0.15, 0.2) is 0 Å². The van der Waals surface area contributed by atoms with Crippen molar-refractivity contribution < 1.29 is 9.66 Å². The number of nitrogens with one attached hydrogen (secondary N) is 1. The Morgan fingerprint density at radius 1 is 1.40 bits per heavy atom. The maximum absolute atomic E-state index is 10.8. The minimum absolute atomic E-state index is 0.0411. The van der Waals surface area contributed by atoms with Gasteiger partial charge in [0.25, 0.3) is 5.69 Å². The van der Waals surface area contributed by atoms with Gasteiger partial charge in [0.1, 0.15) is 5.75 Å². The first-order valence-electron chi connectivity index (χ1n) is 6.35. The predicted octanol–water partition coefficient (Wildman–Crippen LogP) is 3.04. The lowest BCUT2D eigenvalue weighted by atomic mass is 10.2. The molecule has 0 spiro atoms. The van der Waals surface area contributed by atoms with Crippen LogP contribution in [0.5, 0.6) is 5.75 Å². The molecule has 0 aliphatic carbocycles. The van der Waals surface area contributed by atoms with E-state index in [1.54, 1.807) is 13.2 Å². The fraction of sp³-hybridized carbons (Fsp3) is 0.286. The molecule has 0 amide bonds. The van der Waals surface area contributed by atoms with E-state index in [2.05, 4.69) is 16.8 Å². The fourth-order valence-corrected chi connectivity index (χ4v) is 1.94. The molecule has 2 aromatic rings. The normalized spacial score (nSPS) is 10.3. The number of hydrogen-bond acceptors (Lipinski definition) is 4. The van der Waals surface area contributed by atoms with Gasteiger partial charge in [-0.25, -0.2) is 0 Å². The lowest BCUT2D eigenvalue weighted by molar-refractivity contribution is -0.384. The Balaban J connectivity index is 2.14. The third-order valence-corrected chi connectivity index (χ3v) is 3.05. The van der Waals surface area contributed by atoms with Crippen molar-refractivity contribution in [3.05, 3.63) is 52.3 Å². The predicted molar refractivity (Wildman–Crippen MR) is 77.1 cm³/mol. The molecular weight excluding hydrogens is 258 g/mol. The molecule has 1 N–H and O–H groups in total. The monoisotopic (exact) mass is 275 g/mol. The van der Waals surface area contributed by atoms with Gasteiger partial charge < -0.3 is 14.6 Å². The van der Waals surface area contributed by atoms with Gasteiger partial charge in [-0.2, -0.15) is 0 Å². The SMILES string of the molecule is CCn1ccc(CNc2cc([N+](=O)[O-])ccc2OC)c1. The maximum Gasteiger partial charge on any atom is 0.271 e. The van der Waals surface area contributed by atoms with Gasteiger partial charge in [-0.05, 0) is 24.6 Å². The Hall–Kier alpha value is -2.50. The van der Waals surface area contributed by atoms with Gasteiger partial charge in [-0.3, -0.25) is 10.1 Å². The number of hydrogen-bond donors (Lipinski definition) is 1. The van der Waals surface area contributed by atoms with Crippen LogP contribution in [0.4, 0.5) is 11.4 Å². The molecule has 0 atom stereocenters. The van der Waals surface area contributed by atoms with Crippen LogP contribution in [0.15, 0.2) is 36.7 Å². The lowest BCUT2D eigenvalue weighted by Gasteiger charge is -2.10. The van der Waals surface area contributed by atoms with Crippen LogP contribution in [0.25, 0.3) is 0 Å². The first kappa shape index (κ1) is 13.9. The van der Waals surface area contributed by atoms with Crippen molar-refractivity contribution in [2.24, 2.45) is 0 Å². The minimum Gasteiger partial charge on any atom is -0.495 e. The number of aryl methyl sites for hydroxylation is 1. The quantitative estimate of drug-likeness (QED) is 0.650. The van der Waals surface area contributed by atoms with E-state index in [4.69, 9.17) is 4.74 Å². The summed E-state index contributed by atoms with van der Waals surface area (Å²) >= 11 is 0.